The predicted molar refractivity (Wildman–Crippen MR) is 108 cm³/mol. The Morgan fingerprint density at radius 1 is 0.731 bits per heavy atom. The van der Waals surface area contributed by atoms with E-state index in [1.807, 2.05) is 6.07 Å². The van der Waals surface area contributed by atoms with Crippen LogP contribution >= 0.6 is 11.3 Å². The topological polar surface area (TPSA) is 29.5 Å². The first-order valence-corrected chi connectivity index (χ1v) is 9.71. The van der Waals surface area contributed by atoms with Crippen LogP contribution < -0.4 is 5.32 Å². The van der Waals surface area contributed by atoms with Crippen molar-refractivity contribution in [1.29, 1.82) is 0 Å². The van der Waals surface area contributed by atoms with Crippen LogP contribution in [0.15, 0.2) is 96.4 Å². The van der Waals surface area contributed by atoms with Crippen LogP contribution in [0, 0.1) is 0 Å². The van der Waals surface area contributed by atoms with E-state index in [-0.39, 0.29) is 6.04 Å². The lowest BCUT2D eigenvalue weighted by Gasteiger charge is -2.16. The fourth-order valence-corrected chi connectivity index (χ4v) is 3.98. The summed E-state index contributed by atoms with van der Waals surface area (Å²) in [5.41, 5.74) is 4.95. The third-order valence-electron chi connectivity index (χ3n) is 4.45. The number of nitrogens with zero attached hydrogens (tertiary/aromatic N) is 1. The van der Waals surface area contributed by atoms with Gasteiger partial charge in [0.05, 0.1) is 0 Å². The van der Waals surface area contributed by atoms with E-state index < -0.39 is 0 Å². The molecule has 0 aliphatic rings. The van der Waals surface area contributed by atoms with Crippen molar-refractivity contribution in [1.82, 2.24) is 4.98 Å². The summed E-state index contributed by atoms with van der Waals surface area (Å²) >= 11 is 1.71. The lowest BCUT2D eigenvalue weighted by Crippen LogP contribution is -2.84. The van der Waals surface area contributed by atoms with Crippen LogP contribution in [0.3, 0.4) is 0 Å². The minimum atomic E-state index is 0.277. The van der Waals surface area contributed by atoms with Gasteiger partial charge < -0.3 is 5.32 Å². The molecule has 128 valence electrons. The van der Waals surface area contributed by atoms with Gasteiger partial charge in [-0.15, -0.1) is 11.3 Å². The highest BCUT2D eigenvalue weighted by Crippen LogP contribution is 2.23. The molecule has 2 N–H and O–H groups in total. The van der Waals surface area contributed by atoms with Crippen LogP contribution in [-0.2, 0) is 6.54 Å². The molecule has 4 rings (SSSR count). The van der Waals surface area contributed by atoms with Gasteiger partial charge in [-0.05, 0) is 0 Å². The van der Waals surface area contributed by atoms with Crippen LogP contribution in [0.4, 0.5) is 0 Å². The number of benzene rings is 3. The van der Waals surface area contributed by atoms with Crippen molar-refractivity contribution in [2.24, 2.45) is 0 Å². The van der Waals surface area contributed by atoms with E-state index in [2.05, 4.69) is 95.6 Å². The molecule has 0 atom stereocenters. The Kier molecular flexibility index (Phi) is 5.19. The zero-order valence-electron chi connectivity index (χ0n) is 14.5. The fourth-order valence-electron chi connectivity index (χ4n) is 3.14. The Hall–Kier alpha value is -2.75. The molecule has 1 heterocycles. The maximum absolute atomic E-state index is 4.83. The molecule has 0 aliphatic carbocycles. The molecule has 3 aromatic carbocycles. The van der Waals surface area contributed by atoms with Gasteiger partial charge in [0, 0.05) is 22.1 Å². The molecule has 0 saturated carbocycles. The molecule has 2 nitrogen and oxygen atoms in total. The molecule has 26 heavy (non-hydrogen) atoms. The van der Waals surface area contributed by atoms with Gasteiger partial charge in [-0.1, -0.05) is 91.0 Å². The number of hydrogen-bond donors (Lipinski definition) is 1. The molecule has 0 aliphatic heterocycles. The first-order chi connectivity index (χ1) is 12.9. The Morgan fingerprint density at radius 2 is 1.27 bits per heavy atom. The Morgan fingerprint density at radius 3 is 1.85 bits per heavy atom. The second-order valence-electron chi connectivity index (χ2n) is 6.25. The average Bonchev–Trinajstić information content (AvgIpc) is 3.20. The summed E-state index contributed by atoms with van der Waals surface area (Å²) in [4.78, 5) is 4.83. The second kappa shape index (κ2) is 8.09. The summed E-state index contributed by atoms with van der Waals surface area (Å²) in [6.07, 6.45) is 0. The normalized spacial score (nSPS) is 11.0. The highest BCUT2D eigenvalue weighted by atomic mass is 32.1. The molecule has 1 aromatic heterocycles. The molecule has 0 spiro atoms. The quantitative estimate of drug-likeness (QED) is 0.534. The van der Waals surface area contributed by atoms with Crippen LogP contribution in [0.25, 0.3) is 10.6 Å². The zero-order valence-corrected chi connectivity index (χ0v) is 15.3. The van der Waals surface area contributed by atoms with Crippen molar-refractivity contribution >= 4 is 11.3 Å². The molecule has 0 saturated heterocycles. The van der Waals surface area contributed by atoms with E-state index in [0.717, 1.165) is 17.2 Å². The van der Waals surface area contributed by atoms with Crippen LogP contribution in [0.1, 0.15) is 22.9 Å². The van der Waals surface area contributed by atoms with E-state index in [9.17, 15) is 0 Å². The second-order valence-corrected chi connectivity index (χ2v) is 7.11. The smallest absolute Gasteiger partial charge is 0.138 e. The van der Waals surface area contributed by atoms with Crippen molar-refractivity contribution in [2.45, 2.75) is 12.6 Å². The molecule has 0 bridgehead atoms. The Labute approximate surface area is 158 Å². The third kappa shape index (κ3) is 3.90. The van der Waals surface area contributed by atoms with Crippen LogP contribution in [0.5, 0.6) is 0 Å². The van der Waals surface area contributed by atoms with Gasteiger partial charge in [0.15, 0.2) is 0 Å². The van der Waals surface area contributed by atoms with Gasteiger partial charge in [0.1, 0.15) is 23.3 Å². The molecule has 0 unspecified atom stereocenters. The first kappa shape index (κ1) is 16.7. The largest absolute Gasteiger partial charge is 0.331 e. The molecule has 0 fully saturated rings. The van der Waals surface area contributed by atoms with Gasteiger partial charge >= 0.3 is 0 Å². The van der Waals surface area contributed by atoms with Gasteiger partial charge in [0.25, 0.3) is 0 Å². The lowest BCUT2D eigenvalue weighted by molar-refractivity contribution is -0.702. The van der Waals surface area contributed by atoms with E-state index in [1.165, 1.54) is 16.7 Å². The molecule has 0 amide bonds. The van der Waals surface area contributed by atoms with Crippen molar-refractivity contribution in [3.63, 3.8) is 0 Å². The lowest BCUT2D eigenvalue weighted by atomic mass is 9.99. The van der Waals surface area contributed by atoms with Crippen molar-refractivity contribution < 1.29 is 5.32 Å². The number of quaternary nitrogens is 1. The zero-order chi connectivity index (χ0) is 17.6. The van der Waals surface area contributed by atoms with E-state index in [1.54, 1.807) is 11.3 Å². The third-order valence-corrected chi connectivity index (χ3v) is 5.39. The van der Waals surface area contributed by atoms with Crippen LogP contribution in [0.2, 0.25) is 0 Å². The predicted octanol–water partition coefficient (Wildman–Crippen LogP) is 4.66. The van der Waals surface area contributed by atoms with Gasteiger partial charge in [0.2, 0.25) is 0 Å². The minimum absolute atomic E-state index is 0.277. The maximum Gasteiger partial charge on any atom is 0.138 e. The van der Waals surface area contributed by atoms with Crippen LogP contribution in [-0.4, -0.2) is 4.98 Å². The average molecular weight is 358 g/mol. The number of rotatable bonds is 6. The number of thiazole rings is 1. The summed E-state index contributed by atoms with van der Waals surface area (Å²) in [5.74, 6) is 0. The van der Waals surface area contributed by atoms with E-state index in [0.29, 0.717) is 0 Å². The number of aromatic nitrogens is 1. The molecule has 4 aromatic rings. The van der Waals surface area contributed by atoms with E-state index >= 15 is 0 Å². The minimum Gasteiger partial charge on any atom is -0.331 e. The highest BCUT2D eigenvalue weighted by Gasteiger charge is 2.17. The molecular weight excluding hydrogens is 336 g/mol. The SMILES string of the molecule is c1ccc(-c2nc(C[NH2+]C(c3ccccc3)c3ccccc3)cs2)cc1. The molecule has 0 radical (unpaired) electrons. The maximum atomic E-state index is 4.83. The van der Waals surface area contributed by atoms with E-state index in [4.69, 9.17) is 4.98 Å². The summed E-state index contributed by atoms with van der Waals surface area (Å²) in [7, 11) is 0. The number of nitrogens with two attached hydrogens (primary N) is 1. The van der Waals surface area contributed by atoms with Crippen molar-refractivity contribution in [3.8, 4) is 10.6 Å². The molecular formula is C23H21N2S+. The number of hydrogen-bond acceptors (Lipinski definition) is 2. The summed E-state index contributed by atoms with van der Waals surface area (Å²) in [6, 6.07) is 32.0. The first-order valence-electron chi connectivity index (χ1n) is 8.83. The van der Waals surface area contributed by atoms with Crippen molar-refractivity contribution in [3.05, 3.63) is 113 Å². The fraction of sp³-hybridized carbons (Fsp3) is 0.0870. The van der Waals surface area contributed by atoms with Gasteiger partial charge in [-0.2, -0.15) is 0 Å². The molecule has 3 heteroatoms. The Bertz CT molecular complexity index is 894. The van der Waals surface area contributed by atoms with Gasteiger partial charge in [-0.25, -0.2) is 4.98 Å². The Balaban J connectivity index is 1.53. The van der Waals surface area contributed by atoms with Gasteiger partial charge in [-0.3, -0.25) is 0 Å². The summed E-state index contributed by atoms with van der Waals surface area (Å²) in [6.45, 7) is 0.859. The van der Waals surface area contributed by atoms with Crippen molar-refractivity contribution in [2.75, 3.05) is 0 Å². The monoisotopic (exact) mass is 357 g/mol. The standard InChI is InChI=1S/C23H20N2S/c1-4-10-18(11-5-1)22(19-12-6-2-7-13-19)24-16-21-17-26-23(25-21)20-14-8-3-9-15-20/h1-15,17,22,24H,16H2/p+1. The highest BCUT2D eigenvalue weighted by molar-refractivity contribution is 7.13. The summed E-state index contributed by atoms with van der Waals surface area (Å²) in [5, 5.41) is 5.63. The summed E-state index contributed by atoms with van der Waals surface area (Å²) < 4.78 is 0.